The fourth-order valence-corrected chi connectivity index (χ4v) is 1.06. The molecule has 90 valence electrons. The number of hydrogen-bond donors (Lipinski definition) is 2. The molecule has 0 saturated carbocycles. The second kappa shape index (κ2) is 5.83. The van der Waals surface area contributed by atoms with Crippen molar-refractivity contribution in [3.63, 3.8) is 0 Å². The number of hydroxylamine groups is 1. The minimum absolute atomic E-state index is 0.0971. The average Bonchev–Trinajstić information content (AvgIpc) is 2.24. The van der Waals surface area contributed by atoms with E-state index in [1.165, 1.54) is 0 Å². The fraction of sp³-hybridized carbons (Fsp3) is 0.400. The average molecular weight is 235 g/mol. The lowest BCUT2D eigenvalue weighted by Crippen LogP contribution is -2.28. The second-order valence-electron chi connectivity index (χ2n) is 3.18. The number of benzene rings is 1. The molecule has 6 heteroatoms. The van der Waals surface area contributed by atoms with Crippen molar-refractivity contribution in [3.8, 4) is 0 Å². The molecule has 0 fully saturated rings. The quantitative estimate of drug-likeness (QED) is 0.604. The predicted octanol–water partition coefficient (Wildman–Crippen LogP) is 1.80. The Labute approximate surface area is 90.8 Å². The molecule has 2 N–H and O–H groups in total. The molecule has 1 unspecified atom stereocenters. The van der Waals surface area contributed by atoms with Crippen molar-refractivity contribution in [2.75, 3.05) is 13.2 Å². The summed E-state index contributed by atoms with van der Waals surface area (Å²) < 4.78 is 35.0. The summed E-state index contributed by atoms with van der Waals surface area (Å²) in [7, 11) is 0. The Morgan fingerprint density at radius 1 is 1.25 bits per heavy atom. The molecule has 0 aliphatic heterocycles. The molecule has 1 atom stereocenters. The smallest absolute Gasteiger partial charge is 0.387 e. The van der Waals surface area contributed by atoms with Crippen LogP contribution in [-0.4, -0.2) is 24.4 Å². The number of aliphatic hydroxyl groups is 1. The van der Waals surface area contributed by atoms with Crippen LogP contribution in [0, 0.1) is 0 Å². The molecule has 0 heterocycles. The lowest BCUT2D eigenvalue weighted by molar-refractivity contribution is -0.191. The lowest BCUT2D eigenvalue weighted by atomic mass is 10.1. The van der Waals surface area contributed by atoms with Gasteiger partial charge in [0.15, 0.2) is 6.61 Å². The third-order valence-corrected chi connectivity index (χ3v) is 1.80. The fourth-order valence-electron chi connectivity index (χ4n) is 1.06. The molecule has 1 aromatic carbocycles. The molecule has 0 spiro atoms. The van der Waals surface area contributed by atoms with Crippen molar-refractivity contribution in [3.05, 3.63) is 35.9 Å². The van der Waals surface area contributed by atoms with Gasteiger partial charge in [0.25, 0.3) is 0 Å². The van der Waals surface area contributed by atoms with E-state index in [0.29, 0.717) is 5.56 Å². The summed E-state index contributed by atoms with van der Waals surface area (Å²) in [5.41, 5.74) is 2.69. The first-order chi connectivity index (χ1) is 7.49. The molecule has 0 bridgehead atoms. The lowest BCUT2D eigenvalue weighted by Gasteiger charge is -2.12. The van der Waals surface area contributed by atoms with Crippen molar-refractivity contribution in [1.82, 2.24) is 5.48 Å². The summed E-state index contributed by atoms with van der Waals surface area (Å²) in [6.45, 7) is -1.48. The molecule has 0 aliphatic carbocycles. The Balaban J connectivity index is 2.24. The van der Waals surface area contributed by atoms with Crippen molar-refractivity contribution >= 4 is 0 Å². The van der Waals surface area contributed by atoms with Crippen LogP contribution in [0.25, 0.3) is 0 Å². The Kier molecular flexibility index (Phi) is 4.72. The standard InChI is InChI=1S/C10H12F3NO2/c11-10(12,13)7-16-14-6-9(15)8-4-2-1-3-5-8/h1-5,9,14-15H,6-7H2. The van der Waals surface area contributed by atoms with Gasteiger partial charge in [-0.1, -0.05) is 30.3 Å². The zero-order valence-corrected chi connectivity index (χ0v) is 8.37. The van der Waals surface area contributed by atoms with Crippen LogP contribution in [0.2, 0.25) is 0 Å². The highest BCUT2D eigenvalue weighted by atomic mass is 19.4. The maximum Gasteiger partial charge on any atom is 0.413 e. The van der Waals surface area contributed by atoms with E-state index in [0.717, 1.165) is 0 Å². The number of rotatable bonds is 5. The van der Waals surface area contributed by atoms with Gasteiger partial charge in [-0.25, -0.2) is 0 Å². The summed E-state index contributed by atoms with van der Waals surface area (Å²) in [6, 6.07) is 8.60. The summed E-state index contributed by atoms with van der Waals surface area (Å²) >= 11 is 0. The number of alkyl halides is 3. The van der Waals surface area contributed by atoms with E-state index in [1.807, 2.05) is 0 Å². The van der Waals surface area contributed by atoms with Gasteiger partial charge in [-0.15, -0.1) is 0 Å². The Bertz CT molecular complexity index is 303. The summed E-state index contributed by atoms with van der Waals surface area (Å²) in [4.78, 5) is 4.16. The Morgan fingerprint density at radius 2 is 1.88 bits per heavy atom. The van der Waals surface area contributed by atoms with E-state index in [2.05, 4.69) is 10.3 Å². The minimum atomic E-state index is -4.37. The maximum absolute atomic E-state index is 11.7. The number of aliphatic hydroxyl groups excluding tert-OH is 1. The highest BCUT2D eigenvalue weighted by molar-refractivity contribution is 5.17. The van der Waals surface area contributed by atoms with Crippen molar-refractivity contribution < 1.29 is 23.1 Å². The van der Waals surface area contributed by atoms with Crippen LogP contribution in [-0.2, 0) is 4.84 Å². The van der Waals surface area contributed by atoms with Gasteiger partial charge < -0.3 is 5.11 Å². The molecule has 0 saturated heterocycles. The molecule has 16 heavy (non-hydrogen) atoms. The summed E-state index contributed by atoms with van der Waals surface area (Å²) in [5, 5.41) is 9.53. The van der Waals surface area contributed by atoms with Crippen molar-refractivity contribution in [2.45, 2.75) is 12.3 Å². The number of nitrogens with one attached hydrogen (secondary N) is 1. The molecule has 0 aromatic heterocycles. The Hall–Kier alpha value is -1.11. The normalized spacial score (nSPS) is 13.8. The molecule has 3 nitrogen and oxygen atoms in total. The van der Waals surface area contributed by atoms with Gasteiger partial charge in [0.2, 0.25) is 0 Å². The zero-order chi connectivity index (χ0) is 12.0. The monoisotopic (exact) mass is 235 g/mol. The first-order valence-corrected chi connectivity index (χ1v) is 4.63. The highest BCUT2D eigenvalue weighted by Gasteiger charge is 2.27. The molecular weight excluding hydrogens is 223 g/mol. The molecule has 0 aliphatic rings. The van der Waals surface area contributed by atoms with Crippen LogP contribution in [0.3, 0.4) is 0 Å². The largest absolute Gasteiger partial charge is 0.413 e. The van der Waals surface area contributed by atoms with Crippen LogP contribution < -0.4 is 5.48 Å². The topological polar surface area (TPSA) is 41.5 Å². The molecule has 1 aromatic rings. The molecule has 0 radical (unpaired) electrons. The molecule has 0 amide bonds. The van der Waals surface area contributed by atoms with E-state index in [9.17, 15) is 18.3 Å². The summed E-state index contributed by atoms with van der Waals surface area (Å²) in [6.07, 6.45) is -5.26. The SMILES string of the molecule is OC(CNOCC(F)(F)F)c1ccccc1. The summed E-state index contributed by atoms with van der Waals surface area (Å²) in [5.74, 6) is 0. The molecular formula is C10H12F3NO2. The van der Waals surface area contributed by atoms with Crippen molar-refractivity contribution in [2.24, 2.45) is 0 Å². The van der Waals surface area contributed by atoms with Crippen LogP contribution in [0.4, 0.5) is 13.2 Å². The van der Waals surface area contributed by atoms with E-state index < -0.39 is 18.9 Å². The molecule has 1 rings (SSSR count). The van der Waals surface area contributed by atoms with E-state index in [1.54, 1.807) is 30.3 Å². The predicted molar refractivity (Wildman–Crippen MR) is 51.4 cm³/mol. The van der Waals surface area contributed by atoms with Gasteiger partial charge in [0.1, 0.15) is 0 Å². The second-order valence-corrected chi connectivity index (χ2v) is 3.18. The van der Waals surface area contributed by atoms with Crippen LogP contribution in [0.1, 0.15) is 11.7 Å². The van der Waals surface area contributed by atoms with Crippen LogP contribution in [0.15, 0.2) is 30.3 Å². The van der Waals surface area contributed by atoms with Crippen LogP contribution in [0.5, 0.6) is 0 Å². The number of halogens is 3. The van der Waals surface area contributed by atoms with Gasteiger partial charge in [-0.05, 0) is 5.56 Å². The zero-order valence-electron chi connectivity index (χ0n) is 8.37. The first-order valence-electron chi connectivity index (χ1n) is 4.63. The number of hydrogen-bond acceptors (Lipinski definition) is 3. The first kappa shape index (κ1) is 13.0. The third kappa shape index (κ3) is 5.11. The minimum Gasteiger partial charge on any atom is -0.387 e. The van der Waals surface area contributed by atoms with E-state index >= 15 is 0 Å². The van der Waals surface area contributed by atoms with Gasteiger partial charge in [0, 0.05) is 0 Å². The van der Waals surface area contributed by atoms with Gasteiger partial charge in [-0.2, -0.15) is 18.7 Å². The van der Waals surface area contributed by atoms with Gasteiger partial charge >= 0.3 is 6.18 Å². The van der Waals surface area contributed by atoms with Crippen LogP contribution >= 0.6 is 0 Å². The van der Waals surface area contributed by atoms with Crippen molar-refractivity contribution in [1.29, 1.82) is 0 Å². The Morgan fingerprint density at radius 3 is 2.44 bits per heavy atom. The maximum atomic E-state index is 11.7. The van der Waals surface area contributed by atoms with E-state index in [-0.39, 0.29) is 6.54 Å². The van der Waals surface area contributed by atoms with E-state index in [4.69, 9.17) is 0 Å². The third-order valence-electron chi connectivity index (χ3n) is 1.80. The highest BCUT2D eigenvalue weighted by Crippen LogP contribution is 2.14. The van der Waals surface area contributed by atoms with Gasteiger partial charge in [-0.3, -0.25) is 4.84 Å². The van der Waals surface area contributed by atoms with Gasteiger partial charge in [0.05, 0.1) is 12.6 Å².